The van der Waals surface area contributed by atoms with Crippen molar-refractivity contribution in [3.05, 3.63) is 29.0 Å². The molecule has 3 N–H and O–H groups in total. The number of amides is 1. The van der Waals surface area contributed by atoms with E-state index in [1.807, 2.05) is 0 Å². The summed E-state index contributed by atoms with van der Waals surface area (Å²) in [5, 5.41) is 2.85. The van der Waals surface area contributed by atoms with Crippen LogP contribution in [0.15, 0.2) is 18.2 Å². The van der Waals surface area contributed by atoms with Gasteiger partial charge in [-0.15, -0.1) is 0 Å². The van der Waals surface area contributed by atoms with E-state index in [9.17, 15) is 9.18 Å². The molecule has 1 aliphatic carbocycles. The smallest absolute Gasteiger partial charge is 0.225 e. The molecule has 0 saturated heterocycles. The maximum absolute atomic E-state index is 13.0. The van der Waals surface area contributed by atoms with Crippen LogP contribution in [0.4, 0.5) is 10.1 Å². The van der Waals surface area contributed by atoms with Gasteiger partial charge in [0.25, 0.3) is 0 Å². The largest absolute Gasteiger partial charge is 0.327 e. The molecule has 3 nitrogen and oxygen atoms in total. The quantitative estimate of drug-likeness (QED) is 0.870. The van der Waals surface area contributed by atoms with Crippen molar-refractivity contribution >= 4 is 23.2 Å². The molecule has 1 unspecified atom stereocenters. The van der Waals surface area contributed by atoms with E-state index in [0.29, 0.717) is 11.6 Å². The summed E-state index contributed by atoms with van der Waals surface area (Å²) in [7, 11) is 0. The zero-order chi connectivity index (χ0) is 12.4. The van der Waals surface area contributed by atoms with Gasteiger partial charge in [-0.1, -0.05) is 11.6 Å². The fraction of sp³-hybridized carbons (Fsp3) is 0.417. The third kappa shape index (κ3) is 3.68. The lowest BCUT2D eigenvalue weighted by molar-refractivity contribution is -0.116. The van der Waals surface area contributed by atoms with Gasteiger partial charge in [-0.2, -0.15) is 0 Å². The summed E-state index contributed by atoms with van der Waals surface area (Å²) in [6.07, 6.45) is 2.46. The van der Waals surface area contributed by atoms with E-state index in [-0.39, 0.29) is 23.4 Å². The minimum absolute atomic E-state index is 0.0981. The van der Waals surface area contributed by atoms with Gasteiger partial charge in [0.2, 0.25) is 5.91 Å². The van der Waals surface area contributed by atoms with Gasteiger partial charge in [-0.3, -0.25) is 4.79 Å². The summed E-state index contributed by atoms with van der Waals surface area (Å²) in [5.74, 6) is -0.206. The molecule has 1 aromatic carbocycles. The number of anilines is 1. The average Bonchev–Trinajstić information content (AvgIpc) is 2.97. The Labute approximate surface area is 104 Å². The summed E-state index contributed by atoms with van der Waals surface area (Å²) in [5.41, 5.74) is 6.20. The zero-order valence-corrected chi connectivity index (χ0v) is 10.0. The van der Waals surface area contributed by atoms with Gasteiger partial charge in [0, 0.05) is 23.2 Å². The molecular formula is C12H14ClFN2O. The van der Waals surface area contributed by atoms with E-state index in [4.69, 9.17) is 17.3 Å². The molecule has 92 valence electrons. The van der Waals surface area contributed by atoms with Crippen LogP contribution >= 0.6 is 11.6 Å². The van der Waals surface area contributed by atoms with Gasteiger partial charge in [0.1, 0.15) is 5.82 Å². The van der Waals surface area contributed by atoms with Crippen LogP contribution < -0.4 is 11.1 Å². The Morgan fingerprint density at radius 3 is 2.82 bits per heavy atom. The molecule has 1 aromatic rings. The van der Waals surface area contributed by atoms with Crippen molar-refractivity contribution in [2.45, 2.75) is 25.3 Å². The van der Waals surface area contributed by atoms with E-state index in [1.54, 1.807) is 0 Å². The van der Waals surface area contributed by atoms with E-state index in [2.05, 4.69) is 5.32 Å². The number of carbonyl (C=O) groups is 1. The highest BCUT2D eigenvalue weighted by molar-refractivity contribution is 6.30. The lowest BCUT2D eigenvalue weighted by Crippen LogP contribution is -2.28. The number of hydrogen-bond acceptors (Lipinski definition) is 2. The maximum Gasteiger partial charge on any atom is 0.225 e. The molecule has 5 heteroatoms. The monoisotopic (exact) mass is 256 g/mol. The molecule has 0 spiro atoms. The third-order valence-corrected chi connectivity index (χ3v) is 3.01. The summed E-state index contributed by atoms with van der Waals surface area (Å²) < 4.78 is 13.0. The molecule has 1 saturated carbocycles. The summed E-state index contributed by atoms with van der Waals surface area (Å²) in [6, 6.07) is 3.82. The Kier molecular flexibility index (Phi) is 3.64. The molecule has 17 heavy (non-hydrogen) atoms. The first-order valence-electron chi connectivity index (χ1n) is 5.56. The van der Waals surface area contributed by atoms with Crippen LogP contribution in [-0.2, 0) is 4.79 Å². The first kappa shape index (κ1) is 12.3. The predicted octanol–water partition coefficient (Wildman–Crippen LogP) is 2.55. The Morgan fingerprint density at radius 2 is 2.24 bits per heavy atom. The summed E-state index contributed by atoms with van der Waals surface area (Å²) in [4.78, 5) is 11.6. The Bertz CT molecular complexity index is 414. The number of nitrogens with two attached hydrogens (primary N) is 1. The van der Waals surface area contributed by atoms with E-state index < -0.39 is 5.82 Å². The standard InChI is InChI=1S/C12H14ClFN2O/c13-8-3-9(14)5-10(4-8)16-12(17)6-11(15)7-1-2-7/h3-5,7,11H,1-2,6,15H2,(H,16,17). The SMILES string of the molecule is NC(CC(=O)Nc1cc(F)cc(Cl)c1)C1CC1. The van der Waals surface area contributed by atoms with E-state index in [1.165, 1.54) is 18.2 Å². The van der Waals surface area contributed by atoms with Gasteiger partial charge in [-0.05, 0) is 37.0 Å². The third-order valence-electron chi connectivity index (χ3n) is 2.79. The van der Waals surface area contributed by atoms with Crippen molar-refractivity contribution in [3.63, 3.8) is 0 Å². The van der Waals surface area contributed by atoms with Crippen LogP contribution in [0.5, 0.6) is 0 Å². The van der Waals surface area contributed by atoms with Gasteiger partial charge in [0.05, 0.1) is 0 Å². The van der Waals surface area contributed by atoms with Crippen LogP contribution in [-0.4, -0.2) is 11.9 Å². The lowest BCUT2D eigenvalue weighted by Gasteiger charge is -2.10. The normalized spacial score (nSPS) is 16.6. The number of hydrogen-bond donors (Lipinski definition) is 2. The number of carbonyl (C=O) groups excluding carboxylic acids is 1. The first-order valence-corrected chi connectivity index (χ1v) is 5.94. The average molecular weight is 257 g/mol. The Morgan fingerprint density at radius 1 is 1.53 bits per heavy atom. The number of benzene rings is 1. The minimum Gasteiger partial charge on any atom is -0.327 e. The van der Waals surface area contributed by atoms with Crippen LogP contribution in [0.2, 0.25) is 5.02 Å². The van der Waals surface area contributed by atoms with E-state index in [0.717, 1.165) is 12.8 Å². The molecule has 1 atom stereocenters. The van der Waals surface area contributed by atoms with Gasteiger partial charge in [-0.25, -0.2) is 4.39 Å². The topological polar surface area (TPSA) is 55.1 Å². The molecule has 1 fully saturated rings. The van der Waals surface area contributed by atoms with Crippen molar-refractivity contribution in [1.82, 2.24) is 0 Å². The molecule has 0 aliphatic heterocycles. The van der Waals surface area contributed by atoms with Crippen molar-refractivity contribution in [2.75, 3.05) is 5.32 Å². The van der Waals surface area contributed by atoms with Gasteiger partial charge >= 0.3 is 0 Å². The summed E-state index contributed by atoms with van der Waals surface area (Å²) in [6.45, 7) is 0. The highest BCUT2D eigenvalue weighted by atomic mass is 35.5. The number of halogens is 2. The second-order valence-electron chi connectivity index (χ2n) is 4.41. The minimum atomic E-state index is -0.473. The molecule has 2 rings (SSSR count). The van der Waals surface area contributed by atoms with Gasteiger partial charge < -0.3 is 11.1 Å². The molecule has 0 aromatic heterocycles. The van der Waals surface area contributed by atoms with Crippen molar-refractivity contribution in [2.24, 2.45) is 11.7 Å². The van der Waals surface area contributed by atoms with Crippen molar-refractivity contribution < 1.29 is 9.18 Å². The highest BCUT2D eigenvalue weighted by Gasteiger charge is 2.29. The van der Waals surface area contributed by atoms with Crippen LogP contribution in [0.25, 0.3) is 0 Å². The lowest BCUT2D eigenvalue weighted by atomic mass is 10.1. The van der Waals surface area contributed by atoms with Gasteiger partial charge in [0.15, 0.2) is 0 Å². The van der Waals surface area contributed by atoms with Crippen LogP contribution in [0, 0.1) is 11.7 Å². The maximum atomic E-state index is 13.0. The molecule has 0 radical (unpaired) electrons. The molecule has 1 amide bonds. The fourth-order valence-electron chi connectivity index (χ4n) is 1.74. The molecule has 1 aliphatic rings. The van der Waals surface area contributed by atoms with Crippen LogP contribution in [0.1, 0.15) is 19.3 Å². The summed E-state index contributed by atoms with van der Waals surface area (Å²) >= 11 is 5.68. The zero-order valence-electron chi connectivity index (χ0n) is 9.25. The highest BCUT2D eigenvalue weighted by Crippen LogP contribution is 2.32. The predicted molar refractivity (Wildman–Crippen MR) is 65.4 cm³/mol. The van der Waals surface area contributed by atoms with E-state index >= 15 is 0 Å². The second-order valence-corrected chi connectivity index (χ2v) is 4.85. The second kappa shape index (κ2) is 5.02. The fourth-order valence-corrected chi connectivity index (χ4v) is 1.96. The molecule has 0 heterocycles. The molecule has 0 bridgehead atoms. The Hall–Kier alpha value is -1.13. The first-order chi connectivity index (χ1) is 8.04. The van der Waals surface area contributed by atoms with Crippen molar-refractivity contribution in [3.8, 4) is 0 Å². The van der Waals surface area contributed by atoms with Crippen molar-refractivity contribution in [1.29, 1.82) is 0 Å². The number of nitrogens with one attached hydrogen (secondary N) is 1. The van der Waals surface area contributed by atoms with Crippen LogP contribution in [0.3, 0.4) is 0 Å². The Balaban J connectivity index is 1.92. The number of rotatable bonds is 4. The molecular weight excluding hydrogens is 243 g/mol.